The molecule has 0 aliphatic rings. The number of aryl methyl sites for hydroxylation is 1. The number of hydrogen-bond acceptors (Lipinski definition) is 5. The van der Waals surface area contributed by atoms with Gasteiger partial charge < -0.3 is 15.4 Å². The van der Waals surface area contributed by atoms with Crippen LogP contribution in [-0.4, -0.2) is 26.8 Å². The molecule has 128 valence electrons. The molecule has 2 rings (SSSR count). The van der Waals surface area contributed by atoms with Crippen LogP contribution in [0.4, 0.5) is 11.4 Å². The van der Waals surface area contributed by atoms with Crippen molar-refractivity contribution in [3.05, 3.63) is 53.1 Å². The Bertz CT molecular complexity index is 783. The molecule has 1 amide bonds. The highest BCUT2D eigenvalue weighted by molar-refractivity contribution is 7.72. The molecule has 8 heteroatoms. The molecule has 0 aliphatic heterocycles. The van der Waals surface area contributed by atoms with Gasteiger partial charge in [-0.2, -0.15) is 0 Å². The summed E-state index contributed by atoms with van der Waals surface area (Å²) in [4.78, 5) is 11.9. The number of anilines is 2. The van der Waals surface area contributed by atoms with Crippen LogP contribution in [0.25, 0.3) is 0 Å². The fourth-order valence-corrected chi connectivity index (χ4v) is 2.48. The van der Waals surface area contributed by atoms with E-state index >= 15 is 0 Å². The molecule has 0 radical (unpaired) electrons. The number of halogens is 1. The smallest absolute Gasteiger partial charge is 0.262 e. The topological polar surface area (TPSA) is 84.5 Å². The Morgan fingerprint density at radius 2 is 1.79 bits per heavy atom. The number of ether oxygens (including phenoxy) is 1. The van der Waals surface area contributed by atoms with Gasteiger partial charge in [0.25, 0.3) is 5.91 Å². The van der Waals surface area contributed by atoms with Crippen molar-refractivity contribution in [1.29, 1.82) is 0 Å². The van der Waals surface area contributed by atoms with E-state index in [1.807, 2.05) is 6.92 Å². The molecule has 0 aromatic heterocycles. The second-order valence-corrected chi connectivity index (χ2v) is 6.41. The van der Waals surface area contributed by atoms with Crippen LogP contribution in [-0.2, 0) is 15.5 Å². The zero-order chi connectivity index (χ0) is 17.5. The fraction of sp³-hybridized carbons (Fsp3) is 0.188. The monoisotopic (exact) mass is 368 g/mol. The number of hydrogen-bond donors (Lipinski definition) is 3. The minimum absolute atomic E-state index is 0.126. The number of amides is 1. The average Bonchev–Trinajstić information content (AvgIpc) is 2.53. The first kappa shape index (κ1) is 18.1. The molecule has 0 saturated heterocycles. The van der Waals surface area contributed by atoms with Crippen LogP contribution in [0, 0.1) is 6.92 Å². The molecule has 0 atom stereocenters. The lowest BCUT2D eigenvalue weighted by Gasteiger charge is -2.10. The van der Waals surface area contributed by atoms with E-state index in [2.05, 4.69) is 10.6 Å². The van der Waals surface area contributed by atoms with Gasteiger partial charge in [0.1, 0.15) is 11.6 Å². The Hall–Kier alpha value is -2.25. The van der Waals surface area contributed by atoms with Crippen LogP contribution < -0.4 is 15.4 Å². The van der Waals surface area contributed by atoms with Crippen molar-refractivity contribution >= 4 is 39.6 Å². The number of rotatable bonds is 7. The summed E-state index contributed by atoms with van der Waals surface area (Å²) < 4.78 is 26.5. The van der Waals surface area contributed by atoms with E-state index in [1.165, 1.54) is 0 Å². The largest absolute Gasteiger partial charge is 0.483 e. The Balaban J connectivity index is 1.85. The van der Waals surface area contributed by atoms with Crippen molar-refractivity contribution in [2.75, 3.05) is 23.1 Å². The van der Waals surface area contributed by atoms with E-state index in [4.69, 9.17) is 16.3 Å². The predicted octanol–water partition coefficient (Wildman–Crippen LogP) is 2.65. The lowest BCUT2D eigenvalue weighted by Crippen LogP contribution is -2.20. The molecule has 0 heterocycles. The Kier molecular flexibility index (Phi) is 6.45. The first-order valence-electron chi connectivity index (χ1n) is 7.08. The van der Waals surface area contributed by atoms with Gasteiger partial charge in [-0.3, -0.25) is 4.79 Å². The van der Waals surface area contributed by atoms with E-state index in [0.717, 1.165) is 5.56 Å². The van der Waals surface area contributed by atoms with E-state index < -0.39 is 10.7 Å². The van der Waals surface area contributed by atoms with Gasteiger partial charge in [0.15, 0.2) is 17.3 Å². The Labute approximate surface area is 146 Å². The summed E-state index contributed by atoms with van der Waals surface area (Å²) in [6.07, 6.45) is 0. The highest BCUT2D eigenvalue weighted by Gasteiger charge is 2.06. The van der Waals surface area contributed by atoms with E-state index in [-0.39, 0.29) is 18.4 Å². The standard InChI is InChI=1S/C16H17ClN2O4S/c1-11-8-12(17)2-7-15(11)23-9-16(20)19-14-5-3-13(4-6-14)18-10-24(21)22/h2-8,18,24H,9-10H2,1H3,(H,19,20). The van der Waals surface area contributed by atoms with Crippen LogP contribution in [0.2, 0.25) is 5.02 Å². The molecular weight excluding hydrogens is 352 g/mol. The van der Waals surface area contributed by atoms with Crippen LogP contribution >= 0.6 is 11.6 Å². The molecule has 6 nitrogen and oxygen atoms in total. The summed E-state index contributed by atoms with van der Waals surface area (Å²) >= 11 is 5.87. The van der Waals surface area contributed by atoms with Crippen molar-refractivity contribution in [2.45, 2.75) is 6.92 Å². The number of carbonyl (C=O) groups is 1. The molecule has 0 unspecified atom stereocenters. The molecular formula is C16H17ClN2O4S. The SMILES string of the molecule is Cc1cc(Cl)ccc1OCC(=O)Nc1ccc(NC[SH](=O)=O)cc1. The Morgan fingerprint density at radius 3 is 2.42 bits per heavy atom. The van der Waals surface area contributed by atoms with Crippen LogP contribution in [0.15, 0.2) is 42.5 Å². The lowest BCUT2D eigenvalue weighted by atomic mass is 10.2. The zero-order valence-corrected chi connectivity index (χ0v) is 14.6. The number of benzene rings is 2. The summed E-state index contributed by atoms with van der Waals surface area (Å²) in [6, 6.07) is 11.9. The van der Waals surface area contributed by atoms with Crippen molar-refractivity contribution in [3.8, 4) is 5.75 Å². The minimum Gasteiger partial charge on any atom is -0.483 e. The molecule has 2 aromatic rings. The molecule has 0 saturated carbocycles. The molecule has 0 aliphatic carbocycles. The lowest BCUT2D eigenvalue weighted by molar-refractivity contribution is -0.118. The normalized spacial score (nSPS) is 10.5. The molecule has 24 heavy (non-hydrogen) atoms. The van der Waals surface area contributed by atoms with E-state index in [9.17, 15) is 13.2 Å². The third-order valence-corrected chi connectivity index (χ3v) is 3.73. The van der Waals surface area contributed by atoms with Gasteiger partial charge in [-0.05, 0) is 55.0 Å². The van der Waals surface area contributed by atoms with E-state index in [1.54, 1.807) is 42.5 Å². The molecule has 0 fully saturated rings. The van der Waals surface area contributed by atoms with Gasteiger partial charge in [0.2, 0.25) is 0 Å². The van der Waals surface area contributed by atoms with Gasteiger partial charge >= 0.3 is 0 Å². The number of thiol groups is 1. The third kappa shape index (κ3) is 5.75. The number of nitrogens with one attached hydrogen (secondary N) is 2. The van der Waals surface area contributed by atoms with Gasteiger partial charge in [-0.1, -0.05) is 11.6 Å². The van der Waals surface area contributed by atoms with Gasteiger partial charge in [-0.25, -0.2) is 8.42 Å². The first-order valence-corrected chi connectivity index (χ1v) is 8.82. The summed E-state index contributed by atoms with van der Waals surface area (Å²) in [5, 5.41) is 6.05. The van der Waals surface area contributed by atoms with Gasteiger partial charge in [0.05, 0.1) is 0 Å². The quantitative estimate of drug-likeness (QED) is 0.654. The maximum Gasteiger partial charge on any atom is 0.262 e. The van der Waals surface area contributed by atoms with Crippen molar-refractivity contribution in [1.82, 2.24) is 0 Å². The second-order valence-electron chi connectivity index (χ2n) is 4.99. The minimum atomic E-state index is -2.48. The summed E-state index contributed by atoms with van der Waals surface area (Å²) in [5.41, 5.74) is 2.09. The summed E-state index contributed by atoms with van der Waals surface area (Å²) in [6.45, 7) is 1.72. The summed E-state index contributed by atoms with van der Waals surface area (Å²) in [5.74, 6) is 0.170. The molecule has 2 aromatic carbocycles. The van der Waals surface area contributed by atoms with Crippen molar-refractivity contribution < 1.29 is 17.9 Å². The highest BCUT2D eigenvalue weighted by atomic mass is 35.5. The molecule has 0 bridgehead atoms. The maximum atomic E-state index is 11.9. The van der Waals surface area contributed by atoms with Crippen LogP contribution in [0.1, 0.15) is 5.56 Å². The molecule has 0 spiro atoms. The first-order chi connectivity index (χ1) is 11.4. The summed E-state index contributed by atoms with van der Waals surface area (Å²) in [7, 11) is -2.48. The number of carbonyl (C=O) groups excluding carboxylic acids is 1. The van der Waals surface area contributed by atoms with Crippen LogP contribution in [0.3, 0.4) is 0 Å². The highest BCUT2D eigenvalue weighted by Crippen LogP contribution is 2.21. The van der Waals surface area contributed by atoms with E-state index in [0.29, 0.717) is 22.1 Å². The maximum absolute atomic E-state index is 11.9. The van der Waals surface area contributed by atoms with Gasteiger partial charge in [-0.15, -0.1) is 0 Å². The van der Waals surface area contributed by atoms with Crippen molar-refractivity contribution in [2.24, 2.45) is 0 Å². The Morgan fingerprint density at radius 1 is 1.12 bits per heavy atom. The third-order valence-electron chi connectivity index (χ3n) is 3.08. The second kappa shape index (κ2) is 8.56. The zero-order valence-electron chi connectivity index (χ0n) is 12.9. The fourth-order valence-electron chi connectivity index (χ4n) is 1.94. The predicted molar refractivity (Wildman–Crippen MR) is 95.6 cm³/mol. The van der Waals surface area contributed by atoms with Gasteiger partial charge in [0, 0.05) is 16.4 Å². The van der Waals surface area contributed by atoms with Crippen LogP contribution in [0.5, 0.6) is 5.75 Å². The van der Waals surface area contributed by atoms with Crippen molar-refractivity contribution in [3.63, 3.8) is 0 Å². The average molecular weight is 369 g/mol. The molecule has 2 N–H and O–H groups in total.